The molecule has 18 heavy (non-hydrogen) atoms. The first-order valence-corrected chi connectivity index (χ1v) is 6.66. The van der Waals surface area contributed by atoms with Crippen LogP contribution >= 0.6 is 0 Å². The highest BCUT2D eigenvalue weighted by molar-refractivity contribution is 5.96. The van der Waals surface area contributed by atoms with E-state index < -0.39 is 0 Å². The van der Waals surface area contributed by atoms with E-state index in [1.165, 1.54) is 0 Å². The van der Waals surface area contributed by atoms with Crippen LogP contribution in [0.15, 0.2) is 24.3 Å². The van der Waals surface area contributed by atoms with Crippen molar-refractivity contribution in [2.45, 2.75) is 38.6 Å². The minimum atomic E-state index is 0.0230. The molecule has 3 heteroatoms. The second kappa shape index (κ2) is 6.01. The van der Waals surface area contributed by atoms with Crippen molar-refractivity contribution in [1.29, 1.82) is 0 Å². The Hall–Kier alpha value is -1.35. The number of benzene rings is 1. The van der Waals surface area contributed by atoms with E-state index in [9.17, 15) is 4.79 Å². The molecule has 0 bridgehead atoms. The van der Waals surface area contributed by atoms with Gasteiger partial charge in [0, 0.05) is 12.2 Å². The van der Waals surface area contributed by atoms with Gasteiger partial charge in [-0.25, -0.2) is 0 Å². The molecule has 1 heterocycles. The first kappa shape index (κ1) is 13.1. The summed E-state index contributed by atoms with van der Waals surface area (Å²) in [7, 11) is 0. The Morgan fingerprint density at radius 1 is 1.39 bits per heavy atom. The van der Waals surface area contributed by atoms with Crippen molar-refractivity contribution in [3.8, 4) is 0 Å². The summed E-state index contributed by atoms with van der Waals surface area (Å²) in [6, 6.07) is 7.98. The molecular weight excluding hydrogens is 226 g/mol. The van der Waals surface area contributed by atoms with E-state index in [2.05, 4.69) is 19.2 Å². The first-order chi connectivity index (χ1) is 8.68. The van der Waals surface area contributed by atoms with E-state index in [0.717, 1.165) is 30.6 Å². The molecule has 0 saturated carbocycles. The molecule has 1 N–H and O–H groups in total. The average molecular weight is 247 g/mol. The zero-order valence-corrected chi connectivity index (χ0v) is 11.1. The highest BCUT2D eigenvalue weighted by Gasteiger charge is 2.19. The molecule has 2 rings (SSSR count). The number of carbonyl (C=O) groups is 1. The maximum absolute atomic E-state index is 12.3. The summed E-state index contributed by atoms with van der Waals surface area (Å²) >= 11 is 0. The third-order valence-electron chi connectivity index (χ3n) is 3.32. The molecule has 0 aliphatic carbocycles. The van der Waals surface area contributed by atoms with Gasteiger partial charge in [0.25, 0.3) is 5.91 Å². The van der Waals surface area contributed by atoms with Crippen LogP contribution in [0.1, 0.15) is 48.5 Å². The van der Waals surface area contributed by atoms with Crippen molar-refractivity contribution >= 4 is 5.91 Å². The summed E-state index contributed by atoms with van der Waals surface area (Å²) in [4.78, 5) is 12.3. The summed E-state index contributed by atoms with van der Waals surface area (Å²) in [5.74, 6) is 0.379. The number of amides is 1. The van der Waals surface area contributed by atoms with Crippen LogP contribution in [0.25, 0.3) is 0 Å². The van der Waals surface area contributed by atoms with E-state index in [0.29, 0.717) is 12.5 Å². The Balaban J connectivity index is 2.08. The fraction of sp³-hybridized carbons (Fsp3) is 0.533. The van der Waals surface area contributed by atoms with Crippen molar-refractivity contribution in [2.75, 3.05) is 13.2 Å². The molecule has 1 aliphatic rings. The van der Waals surface area contributed by atoms with Gasteiger partial charge in [-0.3, -0.25) is 4.79 Å². The minimum absolute atomic E-state index is 0.0230. The molecule has 1 aromatic carbocycles. The van der Waals surface area contributed by atoms with Crippen molar-refractivity contribution in [2.24, 2.45) is 0 Å². The summed E-state index contributed by atoms with van der Waals surface area (Å²) in [5, 5.41) is 3.07. The molecule has 0 spiro atoms. The third kappa shape index (κ3) is 3.10. The summed E-state index contributed by atoms with van der Waals surface area (Å²) in [6.45, 7) is 5.66. The molecule has 1 saturated heterocycles. The monoisotopic (exact) mass is 247 g/mol. The van der Waals surface area contributed by atoms with Gasteiger partial charge in [-0.1, -0.05) is 32.0 Å². The van der Waals surface area contributed by atoms with Gasteiger partial charge in [-0.15, -0.1) is 0 Å². The van der Waals surface area contributed by atoms with Crippen molar-refractivity contribution in [3.05, 3.63) is 35.4 Å². The normalized spacial score (nSPS) is 19.8. The average Bonchev–Trinajstić information content (AvgIpc) is 2.40. The number of ether oxygens (including phenoxy) is 1. The maximum atomic E-state index is 12.3. The maximum Gasteiger partial charge on any atom is 0.251 e. The SMILES string of the molecule is CC(C)c1ccccc1C(=O)NC1CCCOC1. The lowest BCUT2D eigenvalue weighted by Crippen LogP contribution is -2.40. The van der Waals surface area contributed by atoms with Gasteiger partial charge in [0.2, 0.25) is 0 Å². The lowest BCUT2D eigenvalue weighted by atomic mass is 9.96. The Morgan fingerprint density at radius 3 is 2.83 bits per heavy atom. The van der Waals surface area contributed by atoms with Crippen LogP contribution < -0.4 is 5.32 Å². The summed E-state index contributed by atoms with van der Waals surface area (Å²) < 4.78 is 5.38. The van der Waals surface area contributed by atoms with Gasteiger partial charge < -0.3 is 10.1 Å². The molecule has 98 valence electrons. The van der Waals surface area contributed by atoms with Gasteiger partial charge in [0.15, 0.2) is 0 Å². The Labute approximate surface area is 109 Å². The molecule has 3 nitrogen and oxygen atoms in total. The van der Waals surface area contributed by atoms with Crippen molar-refractivity contribution in [3.63, 3.8) is 0 Å². The second-order valence-corrected chi connectivity index (χ2v) is 5.13. The molecular formula is C15H21NO2. The quantitative estimate of drug-likeness (QED) is 0.892. The molecule has 1 unspecified atom stereocenters. The van der Waals surface area contributed by atoms with Crippen molar-refractivity contribution < 1.29 is 9.53 Å². The molecule has 1 fully saturated rings. The Morgan fingerprint density at radius 2 is 2.17 bits per heavy atom. The summed E-state index contributed by atoms with van der Waals surface area (Å²) in [5.41, 5.74) is 1.89. The number of hydrogen-bond donors (Lipinski definition) is 1. The topological polar surface area (TPSA) is 38.3 Å². The van der Waals surface area contributed by atoms with Gasteiger partial charge in [-0.2, -0.15) is 0 Å². The fourth-order valence-electron chi connectivity index (χ4n) is 2.32. The van der Waals surface area contributed by atoms with Gasteiger partial charge in [-0.05, 0) is 30.4 Å². The van der Waals surface area contributed by atoms with Crippen LogP contribution in [-0.4, -0.2) is 25.2 Å². The summed E-state index contributed by atoms with van der Waals surface area (Å²) in [6.07, 6.45) is 2.03. The number of nitrogens with one attached hydrogen (secondary N) is 1. The second-order valence-electron chi connectivity index (χ2n) is 5.13. The third-order valence-corrected chi connectivity index (χ3v) is 3.32. The zero-order chi connectivity index (χ0) is 13.0. The molecule has 1 aliphatic heterocycles. The molecule has 0 radical (unpaired) electrons. The lowest BCUT2D eigenvalue weighted by molar-refractivity contribution is 0.0623. The van der Waals surface area contributed by atoms with Gasteiger partial charge in [0.1, 0.15) is 0 Å². The molecule has 1 atom stereocenters. The van der Waals surface area contributed by atoms with Gasteiger partial charge >= 0.3 is 0 Å². The minimum Gasteiger partial charge on any atom is -0.379 e. The molecule has 0 aromatic heterocycles. The van der Waals surface area contributed by atoms with E-state index in [1.807, 2.05) is 24.3 Å². The highest BCUT2D eigenvalue weighted by atomic mass is 16.5. The molecule has 1 amide bonds. The van der Waals surface area contributed by atoms with Crippen LogP contribution in [0.4, 0.5) is 0 Å². The van der Waals surface area contributed by atoms with Crippen molar-refractivity contribution in [1.82, 2.24) is 5.32 Å². The van der Waals surface area contributed by atoms with E-state index in [4.69, 9.17) is 4.74 Å². The predicted octanol–water partition coefficient (Wildman–Crippen LogP) is 2.72. The van der Waals surface area contributed by atoms with Crippen LogP contribution in [-0.2, 0) is 4.74 Å². The smallest absolute Gasteiger partial charge is 0.251 e. The van der Waals surface area contributed by atoms with Gasteiger partial charge in [0.05, 0.1) is 12.6 Å². The Kier molecular flexibility index (Phi) is 4.37. The number of carbonyl (C=O) groups excluding carboxylic acids is 1. The van der Waals surface area contributed by atoms with Crippen LogP contribution in [0.2, 0.25) is 0 Å². The van der Waals surface area contributed by atoms with E-state index in [-0.39, 0.29) is 11.9 Å². The first-order valence-electron chi connectivity index (χ1n) is 6.66. The Bertz CT molecular complexity index is 409. The largest absolute Gasteiger partial charge is 0.379 e. The fourth-order valence-corrected chi connectivity index (χ4v) is 2.32. The molecule has 1 aromatic rings. The van der Waals surface area contributed by atoms with E-state index >= 15 is 0 Å². The lowest BCUT2D eigenvalue weighted by Gasteiger charge is -2.24. The van der Waals surface area contributed by atoms with Crippen LogP contribution in [0.5, 0.6) is 0 Å². The van der Waals surface area contributed by atoms with E-state index in [1.54, 1.807) is 0 Å². The highest BCUT2D eigenvalue weighted by Crippen LogP contribution is 2.19. The number of hydrogen-bond acceptors (Lipinski definition) is 2. The predicted molar refractivity (Wildman–Crippen MR) is 71.8 cm³/mol. The van der Waals surface area contributed by atoms with Crippen LogP contribution in [0, 0.1) is 0 Å². The number of rotatable bonds is 3. The zero-order valence-electron chi connectivity index (χ0n) is 11.1. The van der Waals surface area contributed by atoms with Crippen LogP contribution in [0.3, 0.4) is 0 Å². The standard InChI is InChI=1S/C15H21NO2/c1-11(2)13-7-3-4-8-14(13)15(17)16-12-6-5-9-18-10-12/h3-4,7-8,11-12H,5-6,9-10H2,1-2H3,(H,16,17).